The van der Waals surface area contributed by atoms with Crippen LogP contribution in [0.15, 0.2) is 59.4 Å². The molecular formula is C18H17Cl2O2Zr. The van der Waals surface area contributed by atoms with Gasteiger partial charge in [0.25, 0.3) is 0 Å². The summed E-state index contributed by atoms with van der Waals surface area (Å²) in [6, 6.07) is 8.30. The summed E-state index contributed by atoms with van der Waals surface area (Å²) >= 11 is 0. The standard InChI is InChI=1S/C18H17O2.2ClH.Zr/c1-2-14-15-7-4-3-6-13(15)12-17(14)16-8-5-9-18(16)20-11-10-19;;;/h2-7,9,19H,8,10-11H2,1H3;2*1H;/q-1;;;+3/p-2. The van der Waals surface area contributed by atoms with Gasteiger partial charge in [-0.2, -0.15) is 0 Å². The van der Waals surface area contributed by atoms with E-state index in [0.717, 1.165) is 28.9 Å². The van der Waals surface area contributed by atoms with Crippen LogP contribution in [0, 0.1) is 6.08 Å². The van der Waals surface area contributed by atoms with Gasteiger partial charge in [0.05, 0.1) is 12.4 Å². The Balaban J connectivity index is 0.00000161. The summed E-state index contributed by atoms with van der Waals surface area (Å²) in [5, 5.41) is 8.91. The fourth-order valence-electron chi connectivity index (χ4n) is 2.70. The van der Waals surface area contributed by atoms with Gasteiger partial charge in [-0.25, -0.2) is 0 Å². The van der Waals surface area contributed by atoms with E-state index in [1.165, 1.54) is 11.1 Å². The van der Waals surface area contributed by atoms with Crippen molar-refractivity contribution in [3.8, 4) is 0 Å². The number of hydrogen-bond donors (Lipinski definition) is 1. The summed E-state index contributed by atoms with van der Waals surface area (Å²) in [5.74, 6) is 0.855. The molecule has 0 fully saturated rings. The van der Waals surface area contributed by atoms with Gasteiger partial charge in [-0.1, -0.05) is 36.8 Å². The minimum Gasteiger partial charge on any atom is -1.00 e. The van der Waals surface area contributed by atoms with Gasteiger partial charge in [0.2, 0.25) is 0 Å². The fraction of sp³-hybridized carbons (Fsp3) is 0.222. The van der Waals surface area contributed by atoms with Gasteiger partial charge in [0.1, 0.15) is 6.61 Å². The number of aliphatic hydroxyl groups is 1. The number of allylic oxidation sites excluding steroid dienone is 6. The predicted molar refractivity (Wildman–Crippen MR) is 79.8 cm³/mol. The van der Waals surface area contributed by atoms with Gasteiger partial charge in [-0.15, -0.1) is 40.5 Å². The van der Waals surface area contributed by atoms with Gasteiger partial charge in [-0.05, 0) is 12.5 Å². The quantitative estimate of drug-likeness (QED) is 0.535. The third-order valence-electron chi connectivity index (χ3n) is 3.57. The molecule has 23 heavy (non-hydrogen) atoms. The molecule has 2 nitrogen and oxygen atoms in total. The zero-order chi connectivity index (χ0) is 13.9. The second kappa shape index (κ2) is 10.3. The maximum Gasteiger partial charge on any atom is 3.00 e. The minimum atomic E-state index is 0. The molecule has 0 saturated carbocycles. The summed E-state index contributed by atoms with van der Waals surface area (Å²) in [4.78, 5) is 0. The third kappa shape index (κ3) is 4.48. The van der Waals surface area contributed by atoms with Crippen molar-refractivity contribution in [3.63, 3.8) is 0 Å². The Morgan fingerprint density at radius 3 is 2.70 bits per heavy atom. The van der Waals surface area contributed by atoms with Crippen LogP contribution in [0.4, 0.5) is 0 Å². The predicted octanol–water partition coefficient (Wildman–Crippen LogP) is -2.59. The van der Waals surface area contributed by atoms with Crippen molar-refractivity contribution in [2.75, 3.05) is 13.2 Å². The number of halogens is 2. The molecule has 0 bridgehead atoms. The molecule has 0 saturated heterocycles. The molecule has 1 aromatic rings. The van der Waals surface area contributed by atoms with Crippen LogP contribution in [0.1, 0.15) is 24.5 Å². The first-order chi connectivity index (χ1) is 9.85. The molecule has 119 valence electrons. The summed E-state index contributed by atoms with van der Waals surface area (Å²) in [7, 11) is 0. The van der Waals surface area contributed by atoms with E-state index < -0.39 is 0 Å². The van der Waals surface area contributed by atoms with Crippen LogP contribution in [0.2, 0.25) is 0 Å². The van der Waals surface area contributed by atoms with E-state index in [-0.39, 0.29) is 57.6 Å². The molecule has 0 amide bonds. The third-order valence-corrected chi connectivity index (χ3v) is 3.57. The molecule has 0 spiro atoms. The Labute approximate surface area is 169 Å². The van der Waals surface area contributed by atoms with Gasteiger partial charge in [-0.3, -0.25) is 0 Å². The van der Waals surface area contributed by atoms with Gasteiger partial charge >= 0.3 is 26.2 Å². The molecule has 5 heteroatoms. The number of benzene rings is 1. The Morgan fingerprint density at radius 2 is 2.00 bits per heavy atom. The summed E-state index contributed by atoms with van der Waals surface area (Å²) in [6.07, 6.45) is 10.5. The van der Waals surface area contributed by atoms with Crippen LogP contribution in [0.25, 0.3) is 5.57 Å². The normalized spacial score (nSPS) is 16.3. The number of ether oxygens (including phenoxy) is 1. The first kappa shape index (κ1) is 22.4. The molecule has 2 aliphatic carbocycles. The topological polar surface area (TPSA) is 29.5 Å². The Hall–Kier alpha value is -0.597. The van der Waals surface area contributed by atoms with Crippen molar-refractivity contribution in [3.05, 3.63) is 76.6 Å². The second-order valence-electron chi connectivity index (χ2n) is 4.77. The molecule has 2 aliphatic rings. The van der Waals surface area contributed by atoms with Crippen LogP contribution in [0.5, 0.6) is 0 Å². The van der Waals surface area contributed by atoms with E-state index in [0.29, 0.717) is 6.61 Å². The largest absolute Gasteiger partial charge is 3.00 e. The van der Waals surface area contributed by atoms with Crippen molar-refractivity contribution in [2.45, 2.75) is 13.3 Å². The van der Waals surface area contributed by atoms with E-state index in [2.05, 4.69) is 43.4 Å². The van der Waals surface area contributed by atoms with E-state index in [9.17, 15) is 0 Å². The van der Waals surface area contributed by atoms with Gasteiger partial charge in [0.15, 0.2) is 0 Å². The van der Waals surface area contributed by atoms with Crippen molar-refractivity contribution >= 4 is 5.57 Å². The fourth-order valence-corrected chi connectivity index (χ4v) is 2.70. The number of aliphatic hydroxyl groups excluding tert-OH is 1. The summed E-state index contributed by atoms with van der Waals surface area (Å²) in [6.45, 7) is 2.41. The SMILES string of the molecule is CC=C1C(C2=C(OCCO)C=CC2)=[C-]c2ccccc21.[Cl-].[Cl-].[Zr+3]. The van der Waals surface area contributed by atoms with E-state index in [1.807, 2.05) is 12.1 Å². The monoisotopic (exact) mass is 425 g/mol. The zero-order valence-corrected chi connectivity index (χ0v) is 16.7. The van der Waals surface area contributed by atoms with E-state index in [1.54, 1.807) is 0 Å². The number of hydrogen-bond acceptors (Lipinski definition) is 2. The van der Waals surface area contributed by atoms with Crippen LogP contribution < -0.4 is 24.8 Å². The first-order valence-electron chi connectivity index (χ1n) is 6.89. The van der Waals surface area contributed by atoms with Crippen LogP contribution in [-0.4, -0.2) is 18.3 Å². The average Bonchev–Trinajstić information content (AvgIpc) is 3.08. The minimum absolute atomic E-state index is 0. The Kier molecular flexibility index (Phi) is 10.0. The molecule has 0 atom stereocenters. The van der Waals surface area contributed by atoms with Gasteiger partial charge in [0, 0.05) is 0 Å². The smallest absolute Gasteiger partial charge is 1.00 e. The molecule has 0 aromatic heterocycles. The van der Waals surface area contributed by atoms with E-state index in [4.69, 9.17) is 9.84 Å². The number of fused-ring (bicyclic) bond motifs is 1. The van der Waals surface area contributed by atoms with Crippen LogP contribution in [-0.2, 0) is 30.9 Å². The van der Waals surface area contributed by atoms with Crippen molar-refractivity contribution in [2.24, 2.45) is 0 Å². The Morgan fingerprint density at radius 1 is 1.26 bits per heavy atom. The van der Waals surface area contributed by atoms with Crippen LogP contribution in [0.3, 0.4) is 0 Å². The molecule has 0 aliphatic heterocycles. The molecule has 3 rings (SSSR count). The molecular weight excluding hydrogens is 410 g/mol. The van der Waals surface area contributed by atoms with Crippen molar-refractivity contribution < 1.29 is 60.9 Å². The molecule has 1 aromatic carbocycles. The van der Waals surface area contributed by atoms with Crippen LogP contribution >= 0.6 is 0 Å². The average molecular weight is 427 g/mol. The van der Waals surface area contributed by atoms with Crippen molar-refractivity contribution in [1.82, 2.24) is 0 Å². The molecule has 0 unspecified atom stereocenters. The second-order valence-corrected chi connectivity index (χ2v) is 4.77. The molecule has 1 radical (unpaired) electrons. The zero-order valence-electron chi connectivity index (χ0n) is 12.8. The Bertz CT molecular complexity index is 661. The van der Waals surface area contributed by atoms with Gasteiger partial charge < -0.3 is 34.7 Å². The van der Waals surface area contributed by atoms with Crippen molar-refractivity contribution in [1.29, 1.82) is 0 Å². The van der Waals surface area contributed by atoms with E-state index >= 15 is 0 Å². The molecule has 1 N–H and O–H groups in total. The maximum absolute atomic E-state index is 8.91. The summed E-state index contributed by atoms with van der Waals surface area (Å²) in [5.41, 5.74) is 5.85. The summed E-state index contributed by atoms with van der Waals surface area (Å²) < 4.78 is 5.62. The number of rotatable bonds is 4. The maximum atomic E-state index is 8.91. The molecule has 0 heterocycles. The first-order valence-corrected chi connectivity index (χ1v) is 6.89.